The molecule has 0 unspecified atom stereocenters. The van der Waals surface area contributed by atoms with Crippen molar-refractivity contribution < 1.29 is 0 Å². The third-order valence-corrected chi connectivity index (χ3v) is 4.21. The molecule has 0 saturated carbocycles. The molecule has 0 rings (SSSR count). The van der Waals surface area contributed by atoms with Gasteiger partial charge in [0.05, 0.1) is 0 Å². The second kappa shape index (κ2) is 18.1. The fraction of sp³-hybridized carbons (Fsp3) is 1.00. The van der Waals surface area contributed by atoms with Gasteiger partial charge in [-0.05, 0) is 0 Å². The Morgan fingerprint density at radius 1 is 0.421 bits per heavy atom. The SMILES string of the molecule is BCCCCCCCCCCCCCCCCCC. The van der Waals surface area contributed by atoms with Gasteiger partial charge in [0.25, 0.3) is 0 Å². The van der Waals surface area contributed by atoms with E-state index in [1.54, 1.807) is 0 Å². The quantitative estimate of drug-likeness (QED) is 0.227. The van der Waals surface area contributed by atoms with Gasteiger partial charge in [-0.2, -0.15) is 0 Å². The fourth-order valence-electron chi connectivity index (χ4n) is 2.80. The maximum atomic E-state index is 2.30. The lowest BCUT2D eigenvalue weighted by molar-refractivity contribution is 0.531. The normalized spacial score (nSPS) is 11.0. The summed E-state index contributed by atoms with van der Waals surface area (Å²) in [5, 5.41) is 0. The van der Waals surface area contributed by atoms with E-state index in [4.69, 9.17) is 0 Å². The van der Waals surface area contributed by atoms with Gasteiger partial charge in [0.1, 0.15) is 7.85 Å². The zero-order valence-electron chi connectivity index (χ0n) is 14.0. The fourth-order valence-corrected chi connectivity index (χ4v) is 2.80. The van der Waals surface area contributed by atoms with Gasteiger partial charge < -0.3 is 0 Å². The number of rotatable bonds is 16. The highest BCUT2D eigenvalue weighted by atomic mass is 14.0. The Bertz CT molecular complexity index is 129. The van der Waals surface area contributed by atoms with Crippen molar-refractivity contribution in [1.29, 1.82) is 0 Å². The van der Waals surface area contributed by atoms with Crippen LogP contribution in [0.5, 0.6) is 0 Å². The first kappa shape index (κ1) is 19.1. The summed E-state index contributed by atoms with van der Waals surface area (Å²) < 4.78 is 0. The second-order valence-electron chi connectivity index (χ2n) is 6.30. The molecule has 0 fully saturated rings. The summed E-state index contributed by atoms with van der Waals surface area (Å²) in [6.45, 7) is 2.30. The van der Waals surface area contributed by atoms with Crippen molar-refractivity contribution in [3.8, 4) is 0 Å². The van der Waals surface area contributed by atoms with E-state index >= 15 is 0 Å². The van der Waals surface area contributed by atoms with Crippen LogP contribution >= 0.6 is 0 Å². The van der Waals surface area contributed by atoms with E-state index in [-0.39, 0.29) is 0 Å². The summed E-state index contributed by atoms with van der Waals surface area (Å²) in [5.74, 6) is 0. The first-order chi connectivity index (χ1) is 9.41. The average Bonchev–Trinajstić information content (AvgIpc) is 2.43. The summed E-state index contributed by atoms with van der Waals surface area (Å²) in [5.41, 5.74) is 0. The molecule has 1 heteroatoms. The highest BCUT2D eigenvalue weighted by Crippen LogP contribution is 2.13. The summed E-state index contributed by atoms with van der Waals surface area (Å²) >= 11 is 0. The minimum absolute atomic E-state index is 1.37. The highest BCUT2D eigenvalue weighted by molar-refractivity contribution is 6.08. The minimum Gasteiger partial charge on any atom is -0.0811 e. The van der Waals surface area contributed by atoms with Crippen LogP contribution in [0.3, 0.4) is 0 Å². The van der Waals surface area contributed by atoms with Crippen LogP contribution in [-0.2, 0) is 0 Å². The molecule has 114 valence electrons. The van der Waals surface area contributed by atoms with Crippen molar-refractivity contribution in [1.82, 2.24) is 0 Å². The third kappa shape index (κ3) is 18.1. The van der Waals surface area contributed by atoms with E-state index in [1.807, 2.05) is 0 Å². The molecule has 0 aliphatic rings. The molecule has 0 aliphatic heterocycles. The van der Waals surface area contributed by atoms with Gasteiger partial charge in [0.2, 0.25) is 0 Å². The molecule has 0 aromatic carbocycles. The first-order valence-electron chi connectivity index (χ1n) is 9.41. The van der Waals surface area contributed by atoms with E-state index < -0.39 is 0 Å². The summed E-state index contributed by atoms with van der Waals surface area (Å²) in [7, 11) is 2.30. The molecule has 0 radical (unpaired) electrons. The van der Waals surface area contributed by atoms with Gasteiger partial charge in [0, 0.05) is 0 Å². The largest absolute Gasteiger partial charge is 0.101 e. The van der Waals surface area contributed by atoms with E-state index in [0.29, 0.717) is 0 Å². The van der Waals surface area contributed by atoms with Crippen molar-refractivity contribution >= 4 is 7.85 Å². The number of hydrogen-bond donors (Lipinski definition) is 0. The molecule has 0 aromatic rings. The monoisotopic (exact) mass is 266 g/mol. The molecule has 0 aliphatic carbocycles. The van der Waals surface area contributed by atoms with Crippen molar-refractivity contribution in [3.63, 3.8) is 0 Å². The van der Waals surface area contributed by atoms with Gasteiger partial charge in [-0.25, -0.2) is 0 Å². The molecule has 0 nitrogen and oxygen atoms in total. The zero-order chi connectivity index (χ0) is 14.0. The number of unbranched alkanes of at least 4 members (excludes halogenated alkanes) is 15. The molecule has 0 saturated heterocycles. The molecular formula is C18H39B. The van der Waals surface area contributed by atoms with Crippen molar-refractivity contribution in [2.75, 3.05) is 0 Å². The summed E-state index contributed by atoms with van der Waals surface area (Å²) in [6, 6.07) is 0. The van der Waals surface area contributed by atoms with Crippen molar-refractivity contribution in [2.45, 2.75) is 116 Å². The minimum atomic E-state index is 1.37. The Kier molecular flexibility index (Phi) is 18.1. The smallest absolute Gasteiger partial charge is 0.0811 e. The van der Waals surface area contributed by atoms with E-state index in [2.05, 4.69) is 14.8 Å². The maximum absolute atomic E-state index is 2.30. The Balaban J connectivity index is 2.88. The molecule has 0 heterocycles. The summed E-state index contributed by atoms with van der Waals surface area (Å²) in [6.07, 6.45) is 24.9. The van der Waals surface area contributed by atoms with Crippen LogP contribution in [0.2, 0.25) is 6.32 Å². The summed E-state index contributed by atoms with van der Waals surface area (Å²) in [4.78, 5) is 0. The predicted molar refractivity (Wildman–Crippen MR) is 92.9 cm³/mol. The molecule has 0 N–H and O–H groups in total. The van der Waals surface area contributed by atoms with Crippen LogP contribution in [0.4, 0.5) is 0 Å². The zero-order valence-corrected chi connectivity index (χ0v) is 14.0. The second-order valence-corrected chi connectivity index (χ2v) is 6.30. The third-order valence-electron chi connectivity index (χ3n) is 4.21. The van der Waals surface area contributed by atoms with E-state index in [9.17, 15) is 0 Å². The maximum Gasteiger partial charge on any atom is 0.101 e. The van der Waals surface area contributed by atoms with E-state index in [0.717, 1.165) is 0 Å². The molecule has 0 spiro atoms. The van der Waals surface area contributed by atoms with Crippen LogP contribution < -0.4 is 0 Å². The van der Waals surface area contributed by atoms with Crippen LogP contribution in [0.25, 0.3) is 0 Å². The van der Waals surface area contributed by atoms with Gasteiger partial charge >= 0.3 is 0 Å². The Morgan fingerprint density at radius 2 is 0.684 bits per heavy atom. The Hall–Kier alpha value is 0.0649. The average molecular weight is 266 g/mol. The Labute approximate surface area is 124 Å². The van der Waals surface area contributed by atoms with Crippen LogP contribution in [0, 0.1) is 0 Å². The molecular weight excluding hydrogens is 227 g/mol. The van der Waals surface area contributed by atoms with Gasteiger partial charge in [-0.15, -0.1) is 0 Å². The molecule has 19 heavy (non-hydrogen) atoms. The van der Waals surface area contributed by atoms with E-state index in [1.165, 1.54) is 109 Å². The molecule has 0 bridgehead atoms. The number of hydrogen-bond acceptors (Lipinski definition) is 0. The highest BCUT2D eigenvalue weighted by Gasteiger charge is 1.94. The van der Waals surface area contributed by atoms with Gasteiger partial charge in [-0.3, -0.25) is 0 Å². The lowest BCUT2D eigenvalue weighted by atomic mass is 9.98. The van der Waals surface area contributed by atoms with Gasteiger partial charge in [-0.1, -0.05) is 116 Å². The lowest BCUT2D eigenvalue weighted by Crippen LogP contribution is -1.83. The van der Waals surface area contributed by atoms with Crippen molar-refractivity contribution in [2.24, 2.45) is 0 Å². The van der Waals surface area contributed by atoms with Crippen LogP contribution in [-0.4, -0.2) is 7.85 Å². The molecule has 0 aromatic heterocycles. The first-order valence-corrected chi connectivity index (χ1v) is 9.41. The molecule has 0 atom stereocenters. The molecule has 0 amide bonds. The van der Waals surface area contributed by atoms with Crippen molar-refractivity contribution in [3.05, 3.63) is 0 Å². The van der Waals surface area contributed by atoms with Crippen LogP contribution in [0.15, 0.2) is 0 Å². The van der Waals surface area contributed by atoms with Crippen LogP contribution in [0.1, 0.15) is 110 Å². The topological polar surface area (TPSA) is 0 Å². The van der Waals surface area contributed by atoms with Gasteiger partial charge in [0.15, 0.2) is 0 Å². The standard InChI is InChI=1S/C18H39B/c1-2-3-4-5-6-7-8-9-10-11-12-13-14-15-16-17-18-19/h2-19H2,1H3. The Morgan fingerprint density at radius 3 is 0.947 bits per heavy atom. The lowest BCUT2D eigenvalue weighted by Gasteiger charge is -2.03. The predicted octanol–water partition coefficient (Wildman–Crippen LogP) is 6.30.